The summed E-state index contributed by atoms with van der Waals surface area (Å²) in [6, 6.07) is 19.5. The summed E-state index contributed by atoms with van der Waals surface area (Å²) >= 11 is 11.1. The molecule has 4 aromatic rings. The van der Waals surface area contributed by atoms with Crippen molar-refractivity contribution in [3.8, 4) is 11.5 Å². The zero-order valence-electron chi connectivity index (χ0n) is 20.6. The molecule has 2 heterocycles. The highest BCUT2D eigenvalue weighted by Gasteiger charge is 2.25. The summed E-state index contributed by atoms with van der Waals surface area (Å²) in [5.74, 6) is 1.67. The number of hydrogen-bond acceptors (Lipinski definition) is 7. The maximum Gasteiger partial charge on any atom is 0.264 e. The lowest BCUT2D eigenvalue weighted by Crippen LogP contribution is -2.33. The van der Waals surface area contributed by atoms with Gasteiger partial charge in [0.05, 0.1) is 18.1 Å². The highest BCUT2D eigenvalue weighted by molar-refractivity contribution is 9.10. The number of halogens is 2. The Hall–Kier alpha value is -3.21. The highest BCUT2D eigenvalue weighted by Crippen LogP contribution is 2.37. The normalized spacial score (nSPS) is 12.3. The van der Waals surface area contributed by atoms with E-state index in [-0.39, 0.29) is 12.5 Å². The summed E-state index contributed by atoms with van der Waals surface area (Å²) in [5.41, 5.74) is 7.54. The van der Waals surface area contributed by atoms with Gasteiger partial charge >= 0.3 is 0 Å². The van der Waals surface area contributed by atoms with E-state index in [4.69, 9.17) is 21.1 Å². The molecule has 1 amide bonds. The molecule has 1 aromatic heterocycles. The average Bonchev–Trinajstić information content (AvgIpc) is 3.57. The monoisotopic (exact) mass is 613 g/mol. The Kier molecular flexibility index (Phi) is 8.41. The van der Waals surface area contributed by atoms with Crippen molar-refractivity contribution in [1.82, 2.24) is 14.9 Å². The lowest BCUT2D eigenvalue weighted by Gasteiger charge is -2.19. The number of anilines is 1. The van der Waals surface area contributed by atoms with Crippen LogP contribution in [0.3, 0.4) is 0 Å². The van der Waals surface area contributed by atoms with Gasteiger partial charge in [-0.05, 0) is 69.4 Å². The number of carbonyl (C=O) groups excluding carboxylic acids is 1. The summed E-state index contributed by atoms with van der Waals surface area (Å²) in [6.45, 7) is 1.06. The summed E-state index contributed by atoms with van der Waals surface area (Å²) in [7, 11) is 1.58. The van der Waals surface area contributed by atoms with Crippen molar-refractivity contribution in [2.75, 3.05) is 30.6 Å². The van der Waals surface area contributed by atoms with E-state index in [0.29, 0.717) is 34.1 Å². The van der Waals surface area contributed by atoms with Crippen molar-refractivity contribution in [1.29, 1.82) is 0 Å². The number of thioether (sulfide) groups is 1. The van der Waals surface area contributed by atoms with E-state index in [0.717, 1.165) is 34.1 Å². The molecule has 0 unspecified atom stereocenters. The number of fused-ring (bicyclic) bond motifs is 1. The minimum absolute atomic E-state index is 0.0875. The fourth-order valence-corrected chi connectivity index (χ4v) is 5.73. The molecule has 1 aliphatic rings. The molecular formula is C27H25BrClN5O3S. The maximum absolute atomic E-state index is 12.9. The van der Waals surface area contributed by atoms with Crippen LogP contribution in [0.1, 0.15) is 16.7 Å². The molecule has 196 valence electrons. The van der Waals surface area contributed by atoms with E-state index in [2.05, 4.69) is 37.6 Å². The van der Waals surface area contributed by atoms with E-state index in [9.17, 15) is 4.79 Å². The third-order valence-corrected chi connectivity index (χ3v) is 7.92. The van der Waals surface area contributed by atoms with Gasteiger partial charge in [-0.1, -0.05) is 53.7 Å². The number of ether oxygens (including phenoxy) is 2. The molecule has 0 aliphatic carbocycles. The van der Waals surface area contributed by atoms with E-state index >= 15 is 0 Å². The molecule has 1 N–H and O–H groups in total. The summed E-state index contributed by atoms with van der Waals surface area (Å²) in [6.07, 6.45) is 2.49. The fourth-order valence-electron chi connectivity index (χ4n) is 4.16. The number of nitrogens with one attached hydrogen (secondary N) is 1. The number of nitrogens with zero attached hydrogens (tertiary/aromatic N) is 4. The van der Waals surface area contributed by atoms with Crippen LogP contribution >= 0.6 is 39.3 Å². The molecule has 11 heteroatoms. The van der Waals surface area contributed by atoms with Crippen LogP contribution in [0.15, 0.2) is 76.6 Å². The Bertz CT molecular complexity index is 1430. The summed E-state index contributed by atoms with van der Waals surface area (Å²) < 4.78 is 14.0. The highest BCUT2D eigenvalue weighted by atomic mass is 79.9. The number of aromatic nitrogens is 3. The van der Waals surface area contributed by atoms with Gasteiger partial charge in [0.1, 0.15) is 6.33 Å². The Balaban J connectivity index is 1.20. The van der Waals surface area contributed by atoms with Gasteiger partial charge in [-0.15, -0.1) is 10.2 Å². The first-order valence-electron chi connectivity index (χ1n) is 11.9. The lowest BCUT2D eigenvalue weighted by molar-refractivity contribution is -0.120. The molecule has 3 aromatic carbocycles. The number of methoxy groups -OCH3 is 1. The average molecular weight is 615 g/mol. The van der Waals surface area contributed by atoms with Crippen molar-refractivity contribution in [2.24, 2.45) is 0 Å². The molecule has 38 heavy (non-hydrogen) atoms. The van der Waals surface area contributed by atoms with Crippen molar-refractivity contribution < 1.29 is 14.3 Å². The minimum atomic E-state index is -0.0918. The number of carbonyl (C=O) groups is 1. The van der Waals surface area contributed by atoms with Crippen LogP contribution in [0, 0.1) is 0 Å². The first-order valence-corrected chi connectivity index (χ1v) is 14.1. The lowest BCUT2D eigenvalue weighted by atomic mass is 10.2. The third-order valence-electron chi connectivity index (χ3n) is 6.07. The molecule has 8 nitrogen and oxygen atoms in total. The number of hydrogen-bond donors (Lipinski definition) is 1. The van der Waals surface area contributed by atoms with Crippen LogP contribution in [-0.4, -0.2) is 41.0 Å². The van der Waals surface area contributed by atoms with Gasteiger partial charge in [0.2, 0.25) is 5.16 Å². The predicted molar refractivity (Wildman–Crippen MR) is 153 cm³/mol. The number of benzene rings is 3. The van der Waals surface area contributed by atoms with Crippen LogP contribution < -0.4 is 19.8 Å². The molecule has 0 fully saturated rings. The smallest absolute Gasteiger partial charge is 0.264 e. The van der Waals surface area contributed by atoms with Crippen molar-refractivity contribution >= 4 is 50.9 Å². The van der Waals surface area contributed by atoms with E-state index < -0.39 is 0 Å². The Morgan fingerprint density at radius 2 is 1.97 bits per heavy atom. The van der Waals surface area contributed by atoms with Gasteiger partial charge in [0.25, 0.3) is 5.91 Å². The van der Waals surface area contributed by atoms with Gasteiger partial charge in [-0.2, -0.15) is 0 Å². The first kappa shape index (κ1) is 26.4. The van der Waals surface area contributed by atoms with Crippen LogP contribution in [0.2, 0.25) is 5.02 Å². The molecule has 0 bridgehead atoms. The minimum Gasteiger partial charge on any atom is -0.493 e. The second kappa shape index (κ2) is 12.1. The zero-order chi connectivity index (χ0) is 26.5. The van der Waals surface area contributed by atoms with Crippen LogP contribution in [0.25, 0.3) is 0 Å². The molecule has 0 radical (unpaired) electrons. The Morgan fingerprint density at radius 1 is 1.16 bits per heavy atom. The maximum atomic E-state index is 12.9. The molecule has 0 saturated heterocycles. The topological polar surface area (TPSA) is 81.5 Å². The molecule has 0 saturated carbocycles. The van der Waals surface area contributed by atoms with Crippen LogP contribution in [-0.2, 0) is 23.5 Å². The van der Waals surface area contributed by atoms with Crippen LogP contribution in [0.5, 0.6) is 11.5 Å². The number of amides is 1. The van der Waals surface area contributed by atoms with E-state index in [1.807, 2.05) is 54.6 Å². The van der Waals surface area contributed by atoms with Crippen molar-refractivity contribution in [2.45, 2.75) is 23.9 Å². The van der Waals surface area contributed by atoms with Gasteiger partial charge in [-0.25, -0.2) is 4.68 Å². The first-order chi connectivity index (χ1) is 18.5. The molecule has 5 rings (SSSR count). The summed E-state index contributed by atoms with van der Waals surface area (Å²) in [5, 5.41) is 9.70. The number of rotatable bonds is 10. The molecule has 1 aliphatic heterocycles. The Labute approximate surface area is 238 Å². The van der Waals surface area contributed by atoms with Gasteiger partial charge in [0.15, 0.2) is 18.1 Å². The van der Waals surface area contributed by atoms with E-state index in [1.54, 1.807) is 34.8 Å². The van der Waals surface area contributed by atoms with Gasteiger partial charge < -0.3 is 19.8 Å². The third kappa shape index (κ3) is 6.09. The standard InChI is InChI=1S/C27H25BrClN5O3S/c1-36-24-13-19(14-31-34-17-30-32-27(34)38-16-18-6-8-21(29)9-7-18)12-22(28)26(24)37-15-25(35)33-11-10-20-4-2-3-5-23(20)33/h2-9,12-13,17,31H,10-11,14-16H2,1H3. The van der Waals surface area contributed by atoms with Gasteiger partial charge in [0, 0.05) is 23.0 Å². The van der Waals surface area contributed by atoms with Crippen LogP contribution in [0.4, 0.5) is 5.69 Å². The molecule has 0 atom stereocenters. The van der Waals surface area contributed by atoms with E-state index in [1.165, 1.54) is 5.56 Å². The second-order valence-corrected chi connectivity index (χ2v) is 10.8. The largest absolute Gasteiger partial charge is 0.493 e. The predicted octanol–water partition coefficient (Wildman–Crippen LogP) is 5.71. The Morgan fingerprint density at radius 3 is 2.79 bits per heavy atom. The zero-order valence-corrected chi connectivity index (χ0v) is 23.7. The second-order valence-electron chi connectivity index (χ2n) is 8.56. The van der Waals surface area contributed by atoms with Crippen molar-refractivity contribution in [3.05, 3.63) is 93.2 Å². The number of para-hydroxylation sites is 1. The summed E-state index contributed by atoms with van der Waals surface area (Å²) in [4.78, 5) is 14.7. The van der Waals surface area contributed by atoms with Crippen molar-refractivity contribution in [3.63, 3.8) is 0 Å². The SMILES string of the molecule is COc1cc(CNn2cnnc2SCc2ccc(Cl)cc2)cc(Br)c1OCC(=O)N1CCc2ccccc21. The molecule has 0 spiro atoms. The quantitative estimate of drug-likeness (QED) is 0.229. The fraction of sp³-hybridized carbons (Fsp3) is 0.222. The molecular weight excluding hydrogens is 590 g/mol. The van der Waals surface area contributed by atoms with Gasteiger partial charge in [-0.3, -0.25) is 4.79 Å².